The number of aromatic nitrogens is 2. The molecule has 1 N–H and O–H groups in total. The van der Waals surface area contributed by atoms with Crippen molar-refractivity contribution >= 4 is 0 Å². The number of hydrogen-bond donors (Lipinski definition) is 1. The fourth-order valence-corrected chi connectivity index (χ4v) is 1.98. The number of nitrogens with one attached hydrogen (secondary N) is 1. The Balaban J connectivity index is 1.67. The molecule has 0 amide bonds. The summed E-state index contributed by atoms with van der Waals surface area (Å²) in [5.41, 5.74) is 2.43. The predicted molar refractivity (Wildman–Crippen MR) is 81.0 cm³/mol. The van der Waals surface area contributed by atoms with Crippen molar-refractivity contribution in [3.8, 4) is 5.69 Å². The highest BCUT2D eigenvalue weighted by molar-refractivity contribution is 5.34. The fraction of sp³-hybridized carbons (Fsp3) is 0.438. The second-order valence-electron chi connectivity index (χ2n) is 4.78. The van der Waals surface area contributed by atoms with Crippen LogP contribution in [0.1, 0.15) is 25.3 Å². The van der Waals surface area contributed by atoms with Gasteiger partial charge in [-0.15, -0.1) is 0 Å². The zero-order valence-electron chi connectivity index (χ0n) is 12.1. The zero-order chi connectivity index (χ0) is 14.0. The van der Waals surface area contributed by atoms with Crippen LogP contribution in [0.2, 0.25) is 0 Å². The number of hydrogen-bond acceptors (Lipinski definition) is 3. The maximum absolute atomic E-state index is 5.44. The topological polar surface area (TPSA) is 39.1 Å². The van der Waals surface area contributed by atoms with Crippen molar-refractivity contribution in [2.24, 2.45) is 0 Å². The van der Waals surface area contributed by atoms with Gasteiger partial charge < -0.3 is 14.6 Å². The van der Waals surface area contributed by atoms with E-state index in [-0.39, 0.29) is 0 Å². The standard InChI is InChI=1S/C16H23N3O/c1-2-11-20-12-3-8-17-13-15-4-6-16(7-5-15)19-10-9-18-14-19/h4-7,9-10,14,17H,2-3,8,11-13H2,1H3. The summed E-state index contributed by atoms with van der Waals surface area (Å²) in [6.45, 7) is 5.74. The van der Waals surface area contributed by atoms with E-state index in [2.05, 4.69) is 41.5 Å². The van der Waals surface area contributed by atoms with Gasteiger partial charge in [-0.2, -0.15) is 0 Å². The summed E-state index contributed by atoms with van der Waals surface area (Å²) in [7, 11) is 0. The molecule has 0 fully saturated rings. The Morgan fingerprint density at radius 1 is 1.20 bits per heavy atom. The van der Waals surface area contributed by atoms with Crippen LogP contribution >= 0.6 is 0 Å². The molecular formula is C16H23N3O. The molecule has 1 aromatic heterocycles. The third-order valence-corrected chi connectivity index (χ3v) is 3.06. The van der Waals surface area contributed by atoms with E-state index < -0.39 is 0 Å². The van der Waals surface area contributed by atoms with E-state index >= 15 is 0 Å². The first-order valence-electron chi connectivity index (χ1n) is 7.26. The molecule has 4 nitrogen and oxygen atoms in total. The molecule has 0 radical (unpaired) electrons. The van der Waals surface area contributed by atoms with E-state index in [1.54, 1.807) is 6.20 Å². The molecule has 0 atom stereocenters. The molecule has 0 saturated heterocycles. The molecular weight excluding hydrogens is 250 g/mol. The molecule has 0 spiro atoms. The number of benzene rings is 1. The monoisotopic (exact) mass is 273 g/mol. The molecule has 0 aliphatic heterocycles. The molecule has 1 heterocycles. The van der Waals surface area contributed by atoms with Crippen LogP contribution in [0.5, 0.6) is 0 Å². The first-order chi connectivity index (χ1) is 9.90. The minimum absolute atomic E-state index is 0.848. The minimum atomic E-state index is 0.848. The second-order valence-corrected chi connectivity index (χ2v) is 4.78. The minimum Gasteiger partial charge on any atom is -0.381 e. The van der Waals surface area contributed by atoms with Crippen LogP contribution in [-0.2, 0) is 11.3 Å². The first-order valence-corrected chi connectivity index (χ1v) is 7.26. The van der Waals surface area contributed by atoms with E-state index in [0.717, 1.165) is 44.8 Å². The van der Waals surface area contributed by atoms with Gasteiger partial charge in [0.25, 0.3) is 0 Å². The van der Waals surface area contributed by atoms with E-state index in [9.17, 15) is 0 Å². The van der Waals surface area contributed by atoms with Gasteiger partial charge in [-0.1, -0.05) is 19.1 Å². The first kappa shape index (κ1) is 14.8. The fourth-order valence-electron chi connectivity index (χ4n) is 1.98. The Hall–Kier alpha value is -1.65. The Bertz CT molecular complexity index is 465. The number of rotatable bonds is 9. The Morgan fingerprint density at radius 3 is 2.75 bits per heavy atom. The van der Waals surface area contributed by atoms with Crippen molar-refractivity contribution in [1.82, 2.24) is 14.9 Å². The van der Waals surface area contributed by atoms with E-state index in [0.29, 0.717) is 0 Å². The smallest absolute Gasteiger partial charge is 0.0991 e. The van der Waals surface area contributed by atoms with Gasteiger partial charge in [0.2, 0.25) is 0 Å². The largest absolute Gasteiger partial charge is 0.381 e. The zero-order valence-corrected chi connectivity index (χ0v) is 12.1. The quantitative estimate of drug-likeness (QED) is 0.714. The summed E-state index contributed by atoms with van der Waals surface area (Å²) < 4.78 is 7.45. The van der Waals surface area contributed by atoms with Crippen LogP contribution in [0.15, 0.2) is 43.0 Å². The average molecular weight is 273 g/mol. The summed E-state index contributed by atoms with van der Waals surface area (Å²) in [6, 6.07) is 8.53. The van der Waals surface area contributed by atoms with Crippen LogP contribution in [-0.4, -0.2) is 29.3 Å². The SMILES string of the molecule is CCCOCCCNCc1ccc(-n2ccnc2)cc1. The van der Waals surface area contributed by atoms with Gasteiger partial charge in [0, 0.05) is 37.8 Å². The van der Waals surface area contributed by atoms with Crippen molar-refractivity contribution in [1.29, 1.82) is 0 Å². The average Bonchev–Trinajstić information content (AvgIpc) is 3.01. The summed E-state index contributed by atoms with van der Waals surface area (Å²) in [5, 5.41) is 3.43. The Morgan fingerprint density at radius 2 is 2.05 bits per heavy atom. The number of imidazole rings is 1. The van der Waals surface area contributed by atoms with Crippen molar-refractivity contribution in [3.05, 3.63) is 48.5 Å². The molecule has 0 aliphatic rings. The third kappa shape index (κ3) is 4.79. The lowest BCUT2D eigenvalue weighted by molar-refractivity contribution is 0.132. The van der Waals surface area contributed by atoms with Crippen LogP contribution < -0.4 is 5.32 Å². The van der Waals surface area contributed by atoms with E-state index in [1.807, 2.05) is 17.1 Å². The molecule has 0 unspecified atom stereocenters. The van der Waals surface area contributed by atoms with Crippen molar-refractivity contribution in [3.63, 3.8) is 0 Å². The highest BCUT2D eigenvalue weighted by Gasteiger charge is 1.96. The predicted octanol–water partition coefficient (Wildman–Crippen LogP) is 2.78. The van der Waals surface area contributed by atoms with Crippen LogP contribution in [0.4, 0.5) is 0 Å². The summed E-state index contributed by atoms with van der Waals surface area (Å²) >= 11 is 0. The van der Waals surface area contributed by atoms with Gasteiger partial charge in [0.1, 0.15) is 0 Å². The number of ether oxygens (including phenoxy) is 1. The maximum atomic E-state index is 5.44. The summed E-state index contributed by atoms with van der Waals surface area (Å²) in [4.78, 5) is 4.05. The van der Waals surface area contributed by atoms with Gasteiger partial charge >= 0.3 is 0 Å². The molecule has 2 rings (SSSR count). The molecule has 0 saturated carbocycles. The van der Waals surface area contributed by atoms with Crippen molar-refractivity contribution in [2.45, 2.75) is 26.3 Å². The van der Waals surface area contributed by atoms with Gasteiger partial charge in [0.15, 0.2) is 0 Å². The summed E-state index contributed by atoms with van der Waals surface area (Å²) in [5.74, 6) is 0. The maximum Gasteiger partial charge on any atom is 0.0991 e. The van der Waals surface area contributed by atoms with Crippen LogP contribution in [0.25, 0.3) is 5.69 Å². The van der Waals surface area contributed by atoms with Gasteiger partial charge in [-0.25, -0.2) is 4.98 Å². The highest BCUT2D eigenvalue weighted by atomic mass is 16.5. The van der Waals surface area contributed by atoms with Crippen LogP contribution in [0.3, 0.4) is 0 Å². The van der Waals surface area contributed by atoms with Crippen LogP contribution in [0, 0.1) is 0 Å². The molecule has 2 aromatic rings. The van der Waals surface area contributed by atoms with Crippen molar-refractivity contribution in [2.75, 3.05) is 19.8 Å². The molecule has 20 heavy (non-hydrogen) atoms. The third-order valence-electron chi connectivity index (χ3n) is 3.06. The molecule has 4 heteroatoms. The summed E-state index contributed by atoms with van der Waals surface area (Å²) in [6.07, 6.45) is 7.70. The lowest BCUT2D eigenvalue weighted by Gasteiger charge is -2.07. The van der Waals surface area contributed by atoms with Crippen molar-refractivity contribution < 1.29 is 4.74 Å². The molecule has 1 aromatic carbocycles. The molecule has 0 aliphatic carbocycles. The van der Waals surface area contributed by atoms with Gasteiger partial charge in [-0.05, 0) is 37.1 Å². The second kappa shape index (κ2) is 8.51. The van der Waals surface area contributed by atoms with Gasteiger partial charge in [-0.3, -0.25) is 0 Å². The van der Waals surface area contributed by atoms with Gasteiger partial charge in [0.05, 0.1) is 6.33 Å². The van der Waals surface area contributed by atoms with E-state index in [4.69, 9.17) is 4.74 Å². The number of nitrogens with zero attached hydrogens (tertiary/aromatic N) is 2. The van der Waals surface area contributed by atoms with E-state index in [1.165, 1.54) is 5.56 Å². The highest BCUT2D eigenvalue weighted by Crippen LogP contribution is 2.09. The lowest BCUT2D eigenvalue weighted by atomic mass is 10.2. The normalized spacial score (nSPS) is 10.8. The Labute approximate surface area is 120 Å². The molecule has 0 bridgehead atoms. The Kier molecular flexibility index (Phi) is 6.27. The molecule has 108 valence electrons. The lowest BCUT2D eigenvalue weighted by Crippen LogP contribution is -2.16.